The fraction of sp³-hybridized carbons (Fsp3) is 0.692. The van der Waals surface area contributed by atoms with Crippen molar-refractivity contribution in [3.05, 3.63) is 16.0 Å². The van der Waals surface area contributed by atoms with Crippen molar-refractivity contribution in [3.8, 4) is 0 Å². The number of nitrogens with zero attached hydrogens (tertiary/aromatic N) is 4. The molecule has 2 N–H and O–H groups in total. The standard InChI is InChI=1S/C13H20BrN5/c1-2-3-9-11(14)12(15)17-13(16-9)10-8-18-4-6-19(10)7-5-18/h10H,2-8H2,1H3,(H2,15,16,17). The molecule has 5 nitrogen and oxygen atoms in total. The molecule has 1 unspecified atom stereocenters. The summed E-state index contributed by atoms with van der Waals surface area (Å²) in [4.78, 5) is 14.2. The number of hydrogen-bond donors (Lipinski definition) is 1. The van der Waals surface area contributed by atoms with Gasteiger partial charge in [0.1, 0.15) is 11.6 Å². The molecule has 1 atom stereocenters. The van der Waals surface area contributed by atoms with E-state index < -0.39 is 0 Å². The fourth-order valence-corrected chi connectivity index (χ4v) is 3.32. The third-order valence-electron chi connectivity index (χ3n) is 4.03. The second kappa shape index (κ2) is 5.34. The second-order valence-electron chi connectivity index (χ2n) is 5.33. The van der Waals surface area contributed by atoms with Crippen LogP contribution >= 0.6 is 15.9 Å². The minimum absolute atomic E-state index is 0.313. The molecule has 0 radical (unpaired) electrons. The molecule has 4 rings (SSSR count). The van der Waals surface area contributed by atoms with Crippen molar-refractivity contribution < 1.29 is 0 Å². The highest BCUT2D eigenvalue weighted by molar-refractivity contribution is 9.10. The number of fused-ring (bicyclic) bond motifs is 3. The Balaban J connectivity index is 1.92. The first-order chi connectivity index (χ1) is 9.19. The Morgan fingerprint density at radius 3 is 2.58 bits per heavy atom. The van der Waals surface area contributed by atoms with Crippen LogP contribution < -0.4 is 5.73 Å². The quantitative estimate of drug-likeness (QED) is 0.911. The molecule has 3 saturated heterocycles. The van der Waals surface area contributed by atoms with Crippen LogP contribution in [-0.2, 0) is 6.42 Å². The van der Waals surface area contributed by atoms with Gasteiger partial charge < -0.3 is 5.73 Å². The number of piperazine rings is 3. The minimum Gasteiger partial charge on any atom is -0.383 e. The first-order valence-electron chi connectivity index (χ1n) is 6.97. The summed E-state index contributed by atoms with van der Waals surface area (Å²) < 4.78 is 0.870. The molecule has 0 aromatic carbocycles. The van der Waals surface area contributed by atoms with Crippen molar-refractivity contribution >= 4 is 21.7 Å². The molecule has 3 aliphatic heterocycles. The van der Waals surface area contributed by atoms with E-state index in [1.54, 1.807) is 0 Å². The van der Waals surface area contributed by atoms with Crippen molar-refractivity contribution in [1.29, 1.82) is 0 Å². The van der Waals surface area contributed by atoms with Crippen LogP contribution in [0.3, 0.4) is 0 Å². The molecule has 6 heteroatoms. The molecular formula is C13H20BrN5. The Hall–Kier alpha value is -0.720. The maximum atomic E-state index is 6.03. The van der Waals surface area contributed by atoms with Crippen molar-refractivity contribution in [2.45, 2.75) is 25.8 Å². The highest BCUT2D eigenvalue weighted by Gasteiger charge is 2.34. The maximum absolute atomic E-state index is 6.03. The van der Waals surface area contributed by atoms with E-state index in [4.69, 9.17) is 10.7 Å². The highest BCUT2D eigenvalue weighted by Crippen LogP contribution is 2.30. The average Bonchev–Trinajstić information content (AvgIpc) is 2.45. The van der Waals surface area contributed by atoms with Gasteiger partial charge in [-0.1, -0.05) is 13.3 Å². The topological polar surface area (TPSA) is 58.3 Å². The van der Waals surface area contributed by atoms with E-state index >= 15 is 0 Å². The molecule has 19 heavy (non-hydrogen) atoms. The third-order valence-corrected chi connectivity index (χ3v) is 4.89. The van der Waals surface area contributed by atoms with E-state index in [0.717, 1.165) is 48.5 Å². The van der Waals surface area contributed by atoms with Crippen LogP contribution in [-0.4, -0.2) is 52.5 Å². The van der Waals surface area contributed by atoms with Crippen molar-refractivity contribution in [3.63, 3.8) is 0 Å². The zero-order valence-corrected chi connectivity index (χ0v) is 12.9. The average molecular weight is 326 g/mol. The van der Waals surface area contributed by atoms with Crippen molar-refractivity contribution in [2.24, 2.45) is 0 Å². The predicted octanol–water partition coefficient (Wildman–Crippen LogP) is 1.45. The smallest absolute Gasteiger partial charge is 0.149 e. The van der Waals surface area contributed by atoms with Gasteiger partial charge in [0.15, 0.2) is 0 Å². The van der Waals surface area contributed by atoms with Gasteiger partial charge in [0.05, 0.1) is 16.2 Å². The van der Waals surface area contributed by atoms with Crippen molar-refractivity contribution in [1.82, 2.24) is 19.8 Å². The van der Waals surface area contributed by atoms with E-state index in [0.29, 0.717) is 11.9 Å². The third kappa shape index (κ3) is 2.49. The lowest BCUT2D eigenvalue weighted by Crippen LogP contribution is -2.57. The van der Waals surface area contributed by atoms with Gasteiger partial charge in [-0.3, -0.25) is 9.80 Å². The largest absolute Gasteiger partial charge is 0.383 e. The van der Waals surface area contributed by atoms with Gasteiger partial charge in [-0.05, 0) is 22.4 Å². The summed E-state index contributed by atoms with van der Waals surface area (Å²) in [7, 11) is 0. The zero-order valence-electron chi connectivity index (χ0n) is 11.3. The predicted molar refractivity (Wildman–Crippen MR) is 78.9 cm³/mol. The Bertz CT molecular complexity index is 470. The van der Waals surface area contributed by atoms with Crippen LogP contribution in [0, 0.1) is 0 Å². The molecule has 4 heterocycles. The van der Waals surface area contributed by atoms with Gasteiger partial charge >= 0.3 is 0 Å². The second-order valence-corrected chi connectivity index (χ2v) is 6.12. The van der Waals surface area contributed by atoms with Crippen LogP contribution in [0.5, 0.6) is 0 Å². The molecule has 2 bridgehead atoms. The van der Waals surface area contributed by atoms with Crippen LogP contribution in [0.4, 0.5) is 5.82 Å². The van der Waals surface area contributed by atoms with Crippen molar-refractivity contribution in [2.75, 3.05) is 38.5 Å². The summed E-state index contributed by atoms with van der Waals surface area (Å²) in [5.74, 6) is 1.47. The lowest BCUT2D eigenvalue weighted by Gasteiger charge is -2.46. The summed E-state index contributed by atoms with van der Waals surface area (Å²) in [5, 5.41) is 0. The van der Waals surface area contributed by atoms with Gasteiger partial charge in [-0.2, -0.15) is 0 Å². The fourth-order valence-electron chi connectivity index (χ4n) is 2.95. The van der Waals surface area contributed by atoms with Crippen LogP contribution in [0.15, 0.2) is 4.47 Å². The monoisotopic (exact) mass is 325 g/mol. The number of halogens is 1. The molecule has 3 fully saturated rings. The van der Waals surface area contributed by atoms with Crippen LogP contribution in [0.25, 0.3) is 0 Å². The molecule has 0 spiro atoms. The van der Waals surface area contributed by atoms with Gasteiger partial charge in [0.25, 0.3) is 0 Å². The van der Waals surface area contributed by atoms with Gasteiger partial charge in [-0.15, -0.1) is 0 Å². The van der Waals surface area contributed by atoms with Crippen LogP contribution in [0.2, 0.25) is 0 Å². The molecule has 1 aromatic rings. The van der Waals surface area contributed by atoms with Crippen LogP contribution in [0.1, 0.15) is 30.9 Å². The Kier molecular flexibility index (Phi) is 3.73. The number of hydrogen-bond acceptors (Lipinski definition) is 5. The SMILES string of the molecule is CCCc1nc(C2CN3CCN2CC3)nc(N)c1Br. The molecule has 1 aromatic heterocycles. The summed E-state index contributed by atoms with van der Waals surface area (Å²) in [6, 6.07) is 0.313. The molecule has 104 valence electrons. The minimum atomic E-state index is 0.313. The van der Waals surface area contributed by atoms with E-state index in [9.17, 15) is 0 Å². The Labute approximate surface area is 122 Å². The summed E-state index contributed by atoms with van der Waals surface area (Å²) in [6.07, 6.45) is 2.01. The molecule has 0 aliphatic carbocycles. The lowest BCUT2D eigenvalue weighted by molar-refractivity contribution is 0.00861. The van der Waals surface area contributed by atoms with Gasteiger partial charge in [0.2, 0.25) is 0 Å². The first-order valence-corrected chi connectivity index (χ1v) is 7.76. The highest BCUT2D eigenvalue weighted by atomic mass is 79.9. The summed E-state index contributed by atoms with van der Waals surface area (Å²) in [6.45, 7) is 7.77. The van der Waals surface area contributed by atoms with E-state index in [-0.39, 0.29) is 0 Å². The number of aromatic nitrogens is 2. The lowest BCUT2D eigenvalue weighted by atomic mass is 10.1. The van der Waals surface area contributed by atoms with Gasteiger partial charge in [-0.25, -0.2) is 9.97 Å². The van der Waals surface area contributed by atoms with E-state index in [1.807, 2.05) is 0 Å². The van der Waals surface area contributed by atoms with Gasteiger partial charge in [0, 0.05) is 32.7 Å². The number of nitrogens with two attached hydrogens (primary N) is 1. The number of rotatable bonds is 3. The number of anilines is 1. The molecular weight excluding hydrogens is 306 g/mol. The first kappa shape index (κ1) is 13.3. The Morgan fingerprint density at radius 2 is 2.00 bits per heavy atom. The molecule has 3 aliphatic rings. The summed E-state index contributed by atoms with van der Waals surface area (Å²) >= 11 is 3.51. The van der Waals surface area contributed by atoms with E-state index in [2.05, 4.69) is 37.6 Å². The maximum Gasteiger partial charge on any atom is 0.149 e. The molecule has 0 saturated carbocycles. The van der Waals surface area contributed by atoms with E-state index in [1.165, 1.54) is 13.1 Å². The Morgan fingerprint density at radius 1 is 1.26 bits per heavy atom. The summed E-state index contributed by atoms with van der Waals surface area (Å²) in [5.41, 5.74) is 7.07. The normalized spacial score (nSPS) is 29.7. The zero-order chi connectivity index (χ0) is 13.4. The molecule has 0 amide bonds. The number of aryl methyl sites for hydroxylation is 1. The number of nitrogen functional groups attached to an aromatic ring is 1.